The van der Waals surface area contributed by atoms with E-state index in [1.165, 1.54) is 19.2 Å². The number of benzene rings is 1. The number of nitro groups is 1. The van der Waals surface area contributed by atoms with Crippen LogP contribution in [0.2, 0.25) is 0 Å². The van der Waals surface area contributed by atoms with E-state index in [1.54, 1.807) is 6.92 Å². The van der Waals surface area contributed by atoms with Crippen molar-refractivity contribution in [3.05, 3.63) is 38.2 Å². The third kappa shape index (κ3) is 1.65. The van der Waals surface area contributed by atoms with Gasteiger partial charge in [-0.3, -0.25) is 10.1 Å². The Morgan fingerprint density at radius 1 is 1.44 bits per heavy atom. The summed E-state index contributed by atoms with van der Waals surface area (Å²) >= 11 is 0. The molecule has 0 unspecified atom stereocenters. The molecule has 0 saturated heterocycles. The normalized spacial score (nSPS) is 10.6. The van der Waals surface area contributed by atoms with Gasteiger partial charge in [-0.15, -0.1) is 0 Å². The van der Waals surface area contributed by atoms with E-state index in [0.717, 1.165) is 0 Å². The molecule has 0 bridgehead atoms. The monoisotopic (exact) mass is 251 g/mol. The van der Waals surface area contributed by atoms with E-state index in [1.807, 2.05) is 0 Å². The fourth-order valence-electron chi connectivity index (χ4n) is 1.69. The van der Waals surface area contributed by atoms with E-state index in [4.69, 9.17) is 9.15 Å². The molecule has 94 valence electrons. The zero-order chi connectivity index (χ0) is 13.4. The molecule has 0 aliphatic heterocycles. The maximum Gasteiger partial charge on any atom is 0.419 e. The molecule has 1 aromatic heterocycles. The Hall–Kier alpha value is -2.57. The molecule has 0 amide bonds. The lowest BCUT2D eigenvalue weighted by atomic mass is 10.1. The van der Waals surface area contributed by atoms with E-state index in [-0.39, 0.29) is 11.0 Å². The quantitative estimate of drug-likeness (QED) is 0.495. The van der Waals surface area contributed by atoms with Crippen LogP contribution in [-0.2, 0) is 0 Å². The van der Waals surface area contributed by atoms with Gasteiger partial charge in [0.15, 0.2) is 0 Å². The molecule has 2 aromatic rings. The van der Waals surface area contributed by atoms with Gasteiger partial charge in [0.25, 0.3) is 0 Å². The van der Waals surface area contributed by atoms with E-state index >= 15 is 0 Å². The molecule has 2 rings (SSSR count). The van der Waals surface area contributed by atoms with Gasteiger partial charge in [0, 0.05) is 6.07 Å². The number of methoxy groups -OCH3 is 1. The first-order valence-corrected chi connectivity index (χ1v) is 4.94. The Labute approximate surface area is 100 Å². The number of hydrogen-bond acceptors (Lipinski definition) is 6. The molecule has 0 aliphatic rings. The van der Waals surface area contributed by atoms with Crippen LogP contribution in [0, 0.1) is 17.0 Å². The molecule has 0 fully saturated rings. The van der Waals surface area contributed by atoms with Crippen molar-refractivity contribution >= 4 is 16.7 Å². The molecule has 0 spiro atoms. The van der Waals surface area contributed by atoms with Gasteiger partial charge in [0.1, 0.15) is 11.3 Å². The van der Waals surface area contributed by atoms with Crippen molar-refractivity contribution in [2.24, 2.45) is 0 Å². The summed E-state index contributed by atoms with van der Waals surface area (Å²) in [4.78, 5) is 21.1. The molecule has 7 nitrogen and oxygen atoms in total. The fourth-order valence-corrected chi connectivity index (χ4v) is 1.69. The third-order valence-corrected chi connectivity index (χ3v) is 2.56. The van der Waals surface area contributed by atoms with Gasteiger partial charge in [-0.05, 0) is 18.6 Å². The second kappa shape index (κ2) is 4.02. The van der Waals surface area contributed by atoms with Crippen LogP contribution in [-0.4, -0.2) is 17.1 Å². The summed E-state index contributed by atoms with van der Waals surface area (Å²) in [5.74, 6) is -0.240. The third-order valence-electron chi connectivity index (χ3n) is 2.56. The molecule has 0 saturated carbocycles. The van der Waals surface area contributed by atoms with Gasteiger partial charge in [0.05, 0.1) is 17.4 Å². The number of fused-ring (bicyclic) bond motifs is 1. The van der Waals surface area contributed by atoms with Gasteiger partial charge < -0.3 is 14.3 Å². The van der Waals surface area contributed by atoms with Crippen molar-refractivity contribution in [2.75, 3.05) is 7.11 Å². The summed E-state index contributed by atoms with van der Waals surface area (Å²) in [6, 6.07) is 2.86. The smallest absolute Gasteiger partial charge is 0.419 e. The van der Waals surface area contributed by atoms with Crippen molar-refractivity contribution < 1.29 is 19.2 Å². The zero-order valence-electron chi connectivity index (χ0n) is 9.59. The summed E-state index contributed by atoms with van der Waals surface area (Å²) < 4.78 is 9.83. The van der Waals surface area contributed by atoms with E-state index in [9.17, 15) is 20.0 Å². The van der Waals surface area contributed by atoms with Crippen LogP contribution in [0.15, 0.2) is 21.3 Å². The topological polar surface area (TPSA) is 103 Å². The SMILES string of the molecule is COc1cc2oc(=O)c([N+](=O)[O-])c(O)c2cc1C. The molecule has 0 aliphatic carbocycles. The standard InChI is InChI=1S/C11H9NO6/c1-5-3-6-8(4-7(5)17-2)18-11(14)9(10(6)13)12(15)16/h3-4,13H,1-2H3. The Bertz CT molecular complexity index is 703. The van der Waals surface area contributed by atoms with Crippen molar-refractivity contribution in [1.29, 1.82) is 0 Å². The first-order valence-electron chi connectivity index (χ1n) is 4.94. The molecule has 18 heavy (non-hydrogen) atoms. The summed E-state index contributed by atoms with van der Waals surface area (Å²) in [6.07, 6.45) is 0. The minimum absolute atomic E-state index is 0.0329. The van der Waals surface area contributed by atoms with E-state index < -0.39 is 22.0 Å². The van der Waals surface area contributed by atoms with Crippen molar-refractivity contribution in [2.45, 2.75) is 6.92 Å². The number of rotatable bonds is 2. The molecular weight excluding hydrogens is 242 g/mol. The van der Waals surface area contributed by atoms with Crippen LogP contribution in [0.1, 0.15) is 5.56 Å². The highest BCUT2D eigenvalue weighted by Gasteiger charge is 2.24. The molecule has 1 aromatic carbocycles. The molecule has 7 heteroatoms. The Balaban J connectivity index is 2.91. The summed E-state index contributed by atoms with van der Waals surface area (Å²) in [5.41, 5.74) is -1.48. The highest BCUT2D eigenvalue weighted by molar-refractivity contribution is 5.88. The Morgan fingerprint density at radius 3 is 2.67 bits per heavy atom. The summed E-state index contributed by atoms with van der Waals surface area (Å²) in [7, 11) is 1.44. The average Bonchev–Trinajstić information content (AvgIpc) is 2.29. The van der Waals surface area contributed by atoms with Gasteiger partial charge in [-0.2, -0.15) is 0 Å². The number of aromatic hydroxyl groups is 1. The minimum atomic E-state index is -1.20. The second-order valence-corrected chi connectivity index (χ2v) is 3.66. The highest BCUT2D eigenvalue weighted by Crippen LogP contribution is 2.34. The number of ether oxygens (including phenoxy) is 1. The van der Waals surface area contributed by atoms with Crippen molar-refractivity contribution in [3.8, 4) is 11.5 Å². The summed E-state index contributed by atoms with van der Waals surface area (Å²) in [5, 5.41) is 20.5. The van der Waals surface area contributed by atoms with E-state index in [0.29, 0.717) is 11.3 Å². The molecule has 0 radical (unpaired) electrons. The lowest BCUT2D eigenvalue weighted by Crippen LogP contribution is -2.07. The van der Waals surface area contributed by atoms with Gasteiger partial charge in [-0.25, -0.2) is 4.79 Å². The number of hydrogen-bond donors (Lipinski definition) is 1. The predicted molar refractivity (Wildman–Crippen MR) is 62.1 cm³/mol. The second-order valence-electron chi connectivity index (χ2n) is 3.66. The van der Waals surface area contributed by atoms with Gasteiger partial charge in [-0.1, -0.05) is 0 Å². The number of nitrogens with zero attached hydrogens (tertiary/aromatic N) is 1. The average molecular weight is 251 g/mol. The van der Waals surface area contributed by atoms with Gasteiger partial charge >= 0.3 is 11.3 Å². The maximum absolute atomic E-state index is 11.4. The van der Waals surface area contributed by atoms with Crippen LogP contribution in [0.5, 0.6) is 11.5 Å². The van der Waals surface area contributed by atoms with Crippen LogP contribution in [0.3, 0.4) is 0 Å². The molecular formula is C11H9NO6. The van der Waals surface area contributed by atoms with Crippen LogP contribution in [0.4, 0.5) is 5.69 Å². The van der Waals surface area contributed by atoms with Crippen LogP contribution >= 0.6 is 0 Å². The number of aryl methyl sites for hydroxylation is 1. The lowest BCUT2D eigenvalue weighted by molar-refractivity contribution is -0.388. The Morgan fingerprint density at radius 2 is 2.11 bits per heavy atom. The molecule has 1 N–H and O–H groups in total. The van der Waals surface area contributed by atoms with Crippen LogP contribution in [0.25, 0.3) is 11.0 Å². The lowest BCUT2D eigenvalue weighted by Gasteiger charge is -2.06. The molecule has 0 atom stereocenters. The van der Waals surface area contributed by atoms with Gasteiger partial charge in [0.2, 0.25) is 5.75 Å². The van der Waals surface area contributed by atoms with Crippen molar-refractivity contribution in [1.82, 2.24) is 0 Å². The van der Waals surface area contributed by atoms with E-state index in [2.05, 4.69) is 0 Å². The van der Waals surface area contributed by atoms with Crippen molar-refractivity contribution in [3.63, 3.8) is 0 Å². The molecule has 1 heterocycles. The highest BCUT2D eigenvalue weighted by atomic mass is 16.6. The first-order chi connectivity index (χ1) is 8.45. The largest absolute Gasteiger partial charge is 0.501 e. The predicted octanol–water partition coefficient (Wildman–Crippen LogP) is 1.72. The first kappa shape index (κ1) is 11.9. The zero-order valence-corrected chi connectivity index (χ0v) is 9.59. The Kier molecular flexibility index (Phi) is 2.66. The summed E-state index contributed by atoms with van der Waals surface area (Å²) in [6.45, 7) is 1.70. The minimum Gasteiger partial charge on any atom is -0.501 e. The fraction of sp³-hybridized carbons (Fsp3) is 0.182. The maximum atomic E-state index is 11.4. The van der Waals surface area contributed by atoms with Crippen LogP contribution < -0.4 is 10.4 Å².